The second kappa shape index (κ2) is 10.5. The molecule has 2 aliphatic rings. The van der Waals surface area contributed by atoms with Crippen molar-refractivity contribution < 1.29 is 0 Å². The van der Waals surface area contributed by atoms with Crippen molar-refractivity contribution in [1.82, 2.24) is 0 Å². The maximum absolute atomic E-state index is 2.45. The highest BCUT2D eigenvalue weighted by atomic mass is 14.2. The molecule has 0 amide bonds. The summed E-state index contributed by atoms with van der Waals surface area (Å²) in [5, 5.41) is 7.76. The Morgan fingerprint density at radius 2 is 1.19 bits per heavy atom. The monoisotopic (exact) mass is 536 g/mol. The van der Waals surface area contributed by atoms with Crippen LogP contribution in [0.2, 0.25) is 0 Å². The molecule has 200 valence electrons. The van der Waals surface area contributed by atoms with Crippen molar-refractivity contribution in [2.45, 2.75) is 25.2 Å². The number of hydrogen-bond donors (Lipinski definition) is 0. The first kappa shape index (κ1) is 24.8. The molecule has 6 aromatic rings. The standard InChI is InChI=1S/C42H32/c1-3-14-29(15-4-1)32-26-33(30-16-5-2-6-17-30)28-34(27-32)41-37-21-9-11-23-39(37)42(40-24-12-10-22-38(40)41)36-25-13-19-31-18-7-8-20-35(31)36/h1,3-5,7-14,16-29H,2,6,15H2. The lowest BCUT2D eigenvalue weighted by Crippen LogP contribution is -2.00. The Morgan fingerprint density at radius 1 is 0.524 bits per heavy atom. The maximum Gasteiger partial charge on any atom is 0.00561 e. The van der Waals surface area contributed by atoms with E-state index in [4.69, 9.17) is 0 Å². The molecule has 6 aromatic carbocycles. The van der Waals surface area contributed by atoms with Gasteiger partial charge in [-0.3, -0.25) is 0 Å². The molecule has 0 fully saturated rings. The van der Waals surface area contributed by atoms with E-state index in [0.29, 0.717) is 5.92 Å². The van der Waals surface area contributed by atoms with Crippen LogP contribution in [0.5, 0.6) is 0 Å². The van der Waals surface area contributed by atoms with E-state index >= 15 is 0 Å². The lowest BCUT2D eigenvalue weighted by atomic mass is 9.82. The van der Waals surface area contributed by atoms with Gasteiger partial charge in [0.25, 0.3) is 0 Å². The third kappa shape index (κ3) is 4.23. The maximum atomic E-state index is 2.45. The van der Waals surface area contributed by atoms with E-state index in [1.165, 1.54) is 71.3 Å². The van der Waals surface area contributed by atoms with Crippen molar-refractivity contribution in [3.63, 3.8) is 0 Å². The normalized spacial score (nSPS) is 16.4. The topological polar surface area (TPSA) is 0 Å². The Labute approximate surface area is 247 Å². The molecule has 0 radical (unpaired) electrons. The molecule has 0 saturated heterocycles. The van der Waals surface area contributed by atoms with Crippen LogP contribution in [0, 0.1) is 0 Å². The van der Waals surface area contributed by atoms with Crippen molar-refractivity contribution in [1.29, 1.82) is 0 Å². The molecule has 1 atom stereocenters. The van der Waals surface area contributed by atoms with E-state index in [1.807, 2.05) is 0 Å². The van der Waals surface area contributed by atoms with E-state index in [0.717, 1.165) is 19.3 Å². The molecule has 0 aromatic heterocycles. The van der Waals surface area contributed by atoms with Crippen molar-refractivity contribution in [2.75, 3.05) is 0 Å². The van der Waals surface area contributed by atoms with Crippen LogP contribution in [0.15, 0.2) is 152 Å². The summed E-state index contributed by atoms with van der Waals surface area (Å²) in [6.07, 6.45) is 19.3. The molecule has 1 unspecified atom stereocenters. The molecule has 0 bridgehead atoms. The Balaban J connectivity index is 1.46. The minimum Gasteiger partial charge on any atom is -0.0836 e. The average Bonchev–Trinajstić information content (AvgIpc) is 3.07. The van der Waals surface area contributed by atoms with Crippen LogP contribution in [0.25, 0.3) is 60.1 Å². The average molecular weight is 537 g/mol. The smallest absolute Gasteiger partial charge is 0.00561 e. The summed E-state index contributed by atoms with van der Waals surface area (Å²) in [7, 11) is 0. The predicted octanol–water partition coefficient (Wildman–Crippen LogP) is 11.8. The molecule has 0 saturated carbocycles. The predicted molar refractivity (Wildman–Crippen MR) is 182 cm³/mol. The molecular formula is C42H32. The van der Waals surface area contributed by atoms with Crippen LogP contribution >= 0.6 is 0 Å². The fraction of sp³-hybridized carbons (Fsp3) is 0.0952. The third-order valence-electron chi connectivity index (χ3n) is 8.97. The van der Waals surface area contributed by atoms with Gasteiger partial charge in [0.2, 0.25) is 0 Å². The van der Waals surface area contributed by atoms with Crippen LogP contribution in [0.3, 0.4) is 0 Å². The van der Waals surface area contributed by atoms with Crippen LogP contribution in [-0.2, 0) is 0 Å². The SMILES string of the molecule is C1=CCC(c2cc(C3=CCCC=C3)cc(-c3c4ccccc4c(-c4cccc5ccccc45)c4ccccc34)c2)C=C1. The van der Waals surface area contributed by atoms with Crippen molar-refractivity contribution in [2.24, 2.45) is 0 Å². The molecule has 0 N–H and O–H groups in total. The van der Waals surface area contributed by atoms with Gasteiger partial charge in [-0.05, 0) is 96.6 Å². The summed E-state index contributed by atoms with van der Waals surface area (Å²) in [5.74, 6) is 0.384. The first-order chi connectivity index (χ1) is 20.8. The number of allylic oxidation sites excluding steroid dienone is 8. The van der Waals surface area contributed by atoms with Gasteiger partial charge >= 0.3 is 0 Å². The van der Waals surface area contributed by atoms with Gasteiger partial charge in [-0.15, -0.1) is 0 Å². The fourth-order valence-corrected chi connectivity index (χ4v) is 7.00. The fourth-order valence-electron chi connectivity index (χ4n) is 7.00. The van der Waals surface area contributed by atoms with Gasteiger partial charge in [0.1, 0.15) is 0 Å². The van der Waals surface area contributed by atoms with E-state index in [9.17, 15) is 0 Å². The van der Waals surface area contributed by atoms with E-state index in [2.05, 4.69) is 152 Å². The molecule has 0 heterocycles. The van der Waals surface area contributed by atoms with Gasteiger partial charge in [0.05, 0.1) is 0 Å². The van der Waals surface area contributed by atoms with E-state index in [-0.39, 0.29) is 0 Å². The van der Waals surface area contributed by atoms with Crippen LogP contribution in [-0.4, -0.2) is 0 Å². The zero-order valence-corrected chi connectivity index (χ0v) is 23.6. The lowest BCUT2D eigenvalue weighted by molar-refractivity contribution is 0.853. The first-order valence-electron chi connectivity index (χ1n) is 15.1. The Kier molecular flexibility index (Phi) is 6.19. The number of fused-ring (bicyclic) bond motifs is 3. The van der Waals surface area contributed by atoms with Crippen molar-refractivity contribution in [3.8, 4) is 22.3 Å². The van der Waals surface area contributed by atoms with Gasteiger partial charge in [-0.1, -0.05) is 146 Å². The van der Waals surface area contributed by atoms with Crippen LogP contribution < -0.4 is 0 Å². The molecular weight excluding hydrogens is 504 g/mol. The molecule has 8 rings (SSSR count). The zero-order valence-electron chi connectivity index (χ0n) is 23.6. The highest BCUT2D eigenvalue weighted by Crippen LogP contribution is 2.46. The van der Waals surface area contributed by atoms with E-state index in [1.54, 1.807) is 0 Å². The second-order valence-corrected chi connectivity index (χ2v) is 11.5. The lowest BCUT2D eigenvalue weighted by Gasteiger charge is -2.21. The van der Waals surface area contributed by atoms with E-state index < -0.39 is 0 Å². The first-order valence-corrected chi connectivity index (χ1v) is 15.1. The minimum absolute atomic E-state index is 0.384. The Bertz CT molecular complexity index is 2050. The molecule has 0 heteroatoms. The molecule has 0 aliphatic heterocycles. The highest BCUT2D eigenvalue weighted by molar-refractivity contribution is 6.23. The summed E-state index contributed by atoms with van der Waals surface area (Å²) in [4.78, 5) is 0. The summed E-state index contributed by atoms with van der Waals surface area (Å²) in [6, 6.07) is 40.8. The second-order valence-electron chi connectivity index (χ2n) is 11.5. The molecule has 0 nitrogen and oxygen atoms in total. The molecule has 0 spiro atoms. The zero-order chi connectivity index (χ0) is 27.9. The largest absolute Gasteiger partial charge is 0.0836 e. The third-order valence-corrected chi connectivity index (χ3v) is 8.97. The molecule has 2 aliphatic carbocycles. The minimum atomic E-state index is 0.384. The van der Waals surface area contributed by atoms with Gasteiger partial charge in [-0.2, -0.15) is 0 Å². The van der Waals surface area contributed by atoms with Gasteiger partial charge < -0.3 is 0 Å². The summed E-state index contributed by atoms with van der Waals surface area (Å²) in [6.45, 7) is 0. The highest BCUT2D eigenvalue weighted by Gasteiger charge is 2.20. The quantitative estimate of drug-likeness (QED) is 0.197. The Hall–Kier alpha value is -4.94. The number of rotatable bonds is 4. The summed E-state index contributed by atoms with van der Waals surface area (Å²) >= 11 is 0. The summed E-state index contributed by atoms with van der Waals surface area (Å²) in [5.41, 5.74) is 9.25. The van der Waals surface area contributed by atoms with Crippen LogP contribution in [0.4, 0.5) is 0 Å². The molecule has 42 heavy (non-hydrogen) atoms. The van der Waals surface area contributed by atoms with Gasteiger partial charge in [0, 0.05) is 5.92 Å². The van der Waals surface area contributed by atoms with Gasteiger partial charge in [0.15, 0.2) is 0 Å². The Morgan fingerprint density at radius 3 is 1.88 bits per heavy atom. The van der Waals surface area contributed by atoms with Crippen LogP contribution in [0.1, 0.15) is 36.3 Å². The number of benzene rings is 6. The van der Waals surface area contributed by atoms with Crippen molar-refractivity contribution >= 4 is 37.9 Å². The van der Waals surface area contributed by atoms with Crippen molar-refractivity contribution in [3.05, 3.63) is 163 Å². The number of hydrogen-bond acceptors (Lipinski definition) is 0. The summed E-state index contributed by atoms with van der Waals surface area (Å²) < 4.78 is 0. The van der Waals surface area contributed by atoms with Gasteiger partial charge in [-0.25, -0.2) is 0 Å².